The Kier molecular flexibility index (Phi) is 3.49. The highest BCUT2D eigenvalue weighted by atomic mass is 32.1. The zero-order chi connectivity index (χ0) is 14.8. The van der Waals surface area contributed by atoms with E-state index in [0.29, 0.717) is 12.3 Å². The molecule has 1 aromatic heterocycles. The zero-order valence-corrected chi connectivity index (χ0v) is 11.8. The number of rotatable bonds is 3. The molecule has 0 saturated heterocycles. The molecule has 3 rings (SSSR count). The molecular formula is C14H12N4O2S. The largest absolute Gasteiger partial charge is 0.386 e. The summed E-state index contributed by atoms with van der Waals surface area (Å²) in [6.07, 6.45) is 0.562. The van der Waals surface area contributed by atoms with Gasteiger partial charge in [0.2, 0.25) is 0 Å². The van der Waals surface area contributed by atoms with Crippen LogP contribution in [0.1, 0.15) is 23.5 Å². The van der Waals surface area contributed by atoms with Crippen molar-refractivity contribution in [2.45, 2.75) is 12.3 Å². The summed E-state index contributed by atoms with van der Waals surface area (Å²) < 4.78 is 0. The van der Waals surface area contributed by atoms with Gasteiger partial charge in [0, 0.05) is 29.3 Å². The minimum atomic E-state index is -0.396. The van der Waals surface area contributed by atoms with Gasteiger partial charge < -0.3 is 5.73 Å². The highest BCUT2D eigenvalue weighted by molar-refractivity contribution is 7.13. The van der Waals surface area contributed by atoms with E-state index in [-0.39, 0.29) is 10.9 Å². The van der Waals surface area contributed by atoms with Crippen molar-refractivity contribution in [2.75, 3.05) is 0 Å². The molecule has 1 aliphatic heterocycles. The molecule has 0 aliphatic carbocycles. The summed E-state index contributed by atoms with van der Waals surface area (Å²) in [4.78, 5) is 10.4. The van der Waals surface area contributed by atoms with Crippen molar-refractivity contribution < 1.29 is 4.92 Å². The standard InChI is InChI=1S/C14H12N4O2S/c15-12-7-11(9-4-2-1-3-5-9)14(17-16-12)10-6-13(18(19)20)21-8-10/h1-6,8,11H,7H2,(H2,15,16). The average molecular weight is 300 g/mol. The predicted molar refractivity (Wildman–Crippen MR) is 82.9 cm³/mol. The van der Waals surface area contributed by atoms with Crippen molar-refractivity contribution in [3.05, 3.63) is 63.0 Å². The second-order valence-corrected chi connectivity index (χ2v) is 5.56. The summed E-state index contributed by atoms with van der Waals surface area (Å²) in [5.41, 5.74) is 8.32. The van der Waals surface area contributed by atoms with E-state index < -0.39 is 4.92 Å². The van der Waals surface area contributed by atoms with Gasteiger partial charge in [-0.1, -0.05) is 41.7 Å². The van der Waals surface area contributed by atoms with Gasteiger partial charge in [0.15, 0.2) is 0 Å². The Labute approximate surface area is 124 Å². The van der Waals surface area contributed by atoms with Gasteiger partial charge >= 0.3 is 5.00 Å². The number of amidine groups is 1. The minimum Gasteiger partial charge on any atom is -0.386 e. The first kappa shape index (κ1) is 13.4. The first-order chi connectivity index (χ1) is 10.1. The maximum absolute atomic E-state index is 10.8. The number of thiophene rings is 1. The normalized spacial score (nSPS) is 18.0. The minimum absolute atomic E-state index is 0.0297. The second-order valence-electron chi connectivity index (χ2n) is 4.67. The van der Waals surface area contributed by atoms with E-state index in [1.807, 2.05) is 30.3 Å². The molecule has 0 spiro atoms. The quantitative estimate of drug-likeness (QED) is 0.697. The number of nitrogens with two attached hydrogens (primary N) is 1. The van der Waals surface area contributed by atoms with Gasteiger partial charge in [-0.3, -0.25) is 10.1 Å². The first-order valence-corrected chi connectivity index (χ1v) is 7.21. The van der Waals surface area contributed by atoms with Crippen molar-refractivity contribution in [1.82, 2.24) is 0 Å². The molecule has 2 N–H and O–H groups in total. The topological polar surface area (TPSA) is 93.9 Å². The number of nitrogens with zero attached hydrogens (tertiary/aromatic N) is 3. The summed E-state index contributed by atoms with van der Waals surface area (Å²) in [5, 5.41) is 20.8. The van der Waals surface area contributed by atoms with Crippen LogP contribution in [0.25, 0.3) is 0 Å². The number of benzene rings is 1. The molecule has 7 heteroatoms. The monoisotopic (exact) mass is 300 g/mol. The molecule has 2 heterocycles. The Morgan fingerprint density at radius 3 is 2.71 bits per heavy atom. The third-order valence-electron chi connectivity index (χ3n) is 3.29. The summed E-state index contributed by atoms with van der Waals surface area (Å²) in [6.45, 7) is 0. The van der Waals surface area contributed by atoms with Crippen molar-refractivity contribution in [3.63, 3.8) is 0 Å². The lowest BCUT2D eigenvalue weighted by atomic mass is 9.87. The summed E-state index contributed by atoms with van der Waals surface area (Å²) in [7, 11) is 0. The Morgan fingerprint density at radius 2 is 2.05 bits per heavy atom. The van der Waals surface area contributed by atoms with Gasteiger partial charge in [-0.2, -0.15) is 5.10 Å². The molecule has 0 saturated carbocycles. The summed E-state index contributed by atoms with van der Waals surface area (Å²) in [5.74, 6) is 0.440. The molecule has 1 aromatic carbocycles. The molecular weight excluding hydrogens is 288 g/mol. The highest BCUT2D eigenvalue weighted by Gasteiger charge is 2.26. The van der Waals surface area contributed by atoms with E-state index in [9.17, 15) is 10.1 Å². The van der Waals surface area contributed by atoms with Crippen LogP contribution in [0.2, 0.25) is 0 Å². The van der Waals surface area contributed by atoms with Crippen molar-refractivity contribution in [1.29, 1.82) is 0 Å². The fourth-order valence-electron chi connectivity index (χ4n) is 2.31. The van der Waals surface area contributed by atoms with Gasteiger partial charge in [-0.15, -0.1) is 5.10 Å². The lowest BCUT2D eigenvalue weighted by Crippen LogP contribution is -2.25. The van der Waals surface area contributed by atoms with Crippen LogP contribution in [-0.2, 0) is 0 Å². The molecule has 106 valence electrons. The number of hydrogen-bond acceptors (Lipinski definition) is 6. The van der Waals surface area contributed by atoms with Crippen molar-refractivity contribution in [3.8, 4) is 0 Å². The smallest absolute Gasteiger partial charge is 0.324 e. The lowest BCUT2D eigenvalue weighted by molar-refractivity contribution is -0.380. The third kappa shape index (κ3) is 2.68. The molecule has 1 unspecified atom stereocenters. The maximum atomic E-state index is 10.8. The van der Waals surface area contributed by atoms with Crippen LogP contribution < -0.4 is 5.73 Å². The fourth-order valence-corrected chi connectivity index (χ4v) is 3.03. The number of hydrogen-bond donors (Lipinski definition) is 1. The molecule has 1 atom stereocenters. The highest BCUT2D eigenvalue weighted by Crippen LogP contribution is 2.31. The van der Waals surface area contributed by atoms with Crippen LogP contribution in [-0.4, -0.2) is 16.5 Å². The summed E-state index contributed by atoms with van der Waals surface area (Å²) >= 11 is 1.09. The van der Waals surface area contributed by atoms with Crippen LogP contribution in [0.4, 0.5) is 5.00 Å². The number of nitro groups is 1. The molecule has 2 aromatic rings. The van der Waals surface area contributed by atoms with Crippen molar-refractivity contribution in [2.24, 2.45) is 15.9 Å². The van der Waals surface area contributed by atoms with Crippen LogP contribution in [0.5, 0.6) is 0 Å². The van der Waals surface area contributed by atoms with Crippen LogP contribution >= 0.6 is 11.3 Å². The Bertz CT molecular complexity index is 736. The SMILES string of the molecule is NC1=NN=C(c2csc([N+](=O)[O-])c2)C(c2ccccc2)C1. The van der Waals surface area contributed by atoms with E-state index >= 15 is 0 Å². The van der Waals surface area contributed by atoms with Gasteiger partial charge in [0.05, 0.1) is 10.6 Å². The average Bonchev–Trinajstić information content (AvgIpc) is 2.98. The third-order valence-corrected chi connectivity index (χ3v) is 4.17. The first-order valence-electron chi connectivity index (χ1n) is 6.33. The van der Waals surface area contributed by atoms with Gasteiger partial charge in [-0.25, -0.2) is 0 Å². The molecule has 0 amide bonds. The predicted octanol–water partition coefficient (Wildman–Crippen LogP) is 2.91. The van der Waals surface area contributed by atoms with Gasteiger partial charge in [0.25, 0.3) is 0 Å². The van der Waals surface area contributed by atoms with E-state index in [1.165, 1.54) is 6.07 Å². The second kappa shape index (κ2) is 5.45. The Balaban J connectivity index is 2.02. The zero-order valence-electron chi connectivity index (χ0n) is 11.0. The lowest BCUT2D eigenvalue weighted by Gasteiger charge is -2.21. The fraction of sp³-hybridized carbons (Fsp3) is 0.143. The Hall–Kier alpha value is -2.54. The maximum Gasteiger partial charge on any atom is 0.324 e. The van der Waals surface area contributed by atoms with E-state index in [0.717, 1.165) is 28.2 Å². The molecule has 0 fully saturated rings. The summed E-state index contributed by atoms with van der Waals surface area (Å²) in [6, 6.07) is 11.4. The van der Waals surface area contributed by atoms with Gasteiger partial charge in [0.1, 0.15) is 5.84 Å². The van der Waals surface area contributed by atoms with E-state index in [1.54, 1.807) is 5.38 Å². The van der Waals surface area contributed by atoms with E-state index in [2.05, 4.69) is 10.2 Å². The van der Waals surface area contributed by atoms with Crippen molar-refractivity contribution >= 4 is 27.9 Å². The van der Waals surface area contributed by atoms with Crippen LogP contribution in [0.3, 0.4) is 0 Å². The molecule has 0 bridgehead atoms. The van der Waals surface area contributed by atoms with Gasteiger partial charge in [-0.05, 0) is 5.56 Å². The molecule has 0 radical (unpaired) electrons. The molecule has 1 aliphatic rings. The van der Waals surface area contributed by atoms with E-state index in [4.69, 9.17) is 5.73 Å². The van der Waals surface area contributed by atoms with Crippen LogP contribution in [0.15, 0.2) is 52.0 Å². The Morgan fingerprint density at radius 1 is 1.29 bits per heavy atom. The molecule has 6 nitrogen and oxygen atoms in total. The molecule has 21 heavy (non-hydrogen) atoms. The van der Waals surface area contributed by atoms with Crippen LogP contribution in [0, 0.1) is 10.1 Å².